The predicted molar refractivity (Wildman–Crippen MR) is 97.1 cm³/mol. The number of nitro benzene ring substituents is 1. The molecule has 9 heteroatoms. The Morgan fingerprint density at radius 3 is 2.68 bits per heavy atom. The van der Waals surface area contributed by atoms with Crippen LogP contribution in [0.3, 0.4) is 0 Å². The van der Waals surface area contributed by atoms with Crippen LogP contribution in [0, 0.1) is 10.1 Å². The zero-order valence-corrected chi connectivity index (χ0v) is 15.7. The predicted octanol–water partition coefficient (Wildman–Crippen LogP) is 2.97. The van der Waals surface area contributed by atoms with Crippen molar-refractivity contribution in [3.8, 4) is 0 Å². The van der Waals surface area contributed by atoms with Crippen LogP contribution in [0.4, 0.5) is 11.4 Å². The Bertz CT molecular complexity index is 898. The van der Waals surface area contributed by atoms with Gasteiger partial charge in [-0.15, -0.1) is 11.3 Å². The summed E-state index contributed by atoms with van der Waals surface area (Å²) in [4.78, 5) is 18.3. The largest absolute Gasteiger partial charge is 0.362 e. The summed E-state index contributed by atoms with van der Waals surface area (Å²) < 4.78 is 23.8. The maximum atomic E-state index is 11.9. The Kier molecular flexibility index (Phi) is 4.79. The fourth-order valence-electron chi connectivity index (χ4n) is 3.06. The molecule has 0 saturated carbocycles. The van der Waals surface area contributed by atoms with Gasteiger partial charge in [0.15, 0.2) is 9.84 Å². The van der Waals surface area contributed by atoms with Crippen LogP contribution in [0.5, 0.6) is 0 Å². The van der Waals surface area contributed by atoms with Gasteiger partial charge in [-0.3, -0.25) is 10.1 Å². The maximum absolute atomic E-state index is 11.9. The number of benzene rings is 1. The first kappa shape index (κ1) is 17.8. The Balaban J connectivity index is 1.95. The van der Waals surface area contributed by atoms with Crippen LogP contribution >= 0.6 is 11.3 Å². The third-order valence-corrected chi connectivity index (χ3v) is 6.50. The summed E-state index contributed by atoms with van der Waals surface area (Å²) in [6.07, 6.45) is 5.33. The third-order valence-electron chi connectivity index (χ3n) is 4.23. The summed E-state index contributed by atoms with van der Waals surface area (Å²) in [5.74, 6) is 0. The van der Waals surface area contributed by atoms with Crippen molar-refractivity contribution in [3.05, 3.63) is 43.9 Å². The molecule has 0 bridgehead atoms. The third kappa shape index (κ3) is 3.67. The van der Waals surface area contributed by atoms with Crippen molar-refractivity contribution in [1.29, 1.82) is 0 Å². The SMILES string of the molecule is CN(Cc1nc2c(s1)CCCC2)c1cccc(S(C)(=O)=O)c1[N+](=O)[O-]. The molecule has 0 saturated heterocycles. The maximum Gasteiger partial charge on any atom is 0.311 e. The van der Waals surface area contributed by atoms with E-state index in [9.17, 15) is 18.5 Å². The van der Waals surface area contributed by atoms with Crippen molar-refractivity contribution >= 4 is 32.5 Å². The van der Waals surface area contributed by atoms with Crippen LogP contribution in [0.25, 0.3) is 0 Å². The summed E-state index contributed by atoms with van der Waals surface area (Å²) >= 11 is 1.64. The van der Waals surface area contributed by atoms with Gasteiger partial charge < -0.3 is 4.90 Å². The van der Waals surface area contributed by atoms with Gasteiger partial charge in [-0.25, -0.2) is 13.4 Å². The van der Waals surface area contributed by atoms with Gasteiger partial charge in [0.2, 0.25) is 0 Å². The molecule has 7 nitrogen and oxygen atoms in total. The number of para-hydroxylation sites is 1. The van der Waals surface area contributed by atoms with E-state index in [1.54, 1.807) is 29.4 Å². The second-order valence-electron chi connectivity index (χ2n) is 6.19. The van der Waals surface area contributed by atoms with E-state index in [-0.39, 0.29) is 16.3 Å². The van der Waals surface area contributed by atoms with Crippen LogP contribution in [0.2, 0.25) is 0 Å². The second-order valence-corrected chi connectivity index (χ2v) is 9.35. The molecule has 25 heavy (non-hydrogen) atoms. The molecule has 0 fully saturated rings. The van der Waals surface area contributed by atoms with E-state index in [1.807, 2.05) is 0 Å². The average Bonchev–Trinajstić information content (AvgIpc) is 2.95. The number of aromatic nitrogens is 1. The molecule has 0 aliphatic heterocycles. The number of anilines is 1. The Morgan fingerprint density at radius 2 is 2.04 bits per heavy atom. The number of hydrogen-bond acceptors (Lipinski definition) is 7. The van der Waals surface area contributed by atoms with E-state index in [2.05, 4.69) is 4.98 Å². The number of nitrogens with zero attached hydrogens (tertiary/aromatic N) is 3. The molecule has 0 N–H and O–H groups in total. The highest BCUT2D eigenvalue weighted by Gasteiger charge is 2.28. The van der Waals surface area contributed by atoms with Crippen LogP contribution in [0.15, 0.2) is 23.1 Å². The first-order valence-corrected chi connectivity index (χ1v) is 10.6. The average molecular weight is 381 g/mol. The lowest BCUT2D eigenvalue weighted by Gasteiger charge is -2.18. The Morgan fingerprint density at radius 1 is 1.32 bits per heavy atom. The molecule has 0 unspecified atom stereocenters. The quantitative estimate of drug-likeness (QED) is 0.584. The standard InChI is InChI=1S/C16H19N3O4S2/c1-18(10-15-17-11-6-3-4-8-13(11)24-15)12-7-5-9-14(25(2,22)23)16(12)19(20)21/h5,7,9H,3-4,6,8,10H2,1-2H3. The second kappa shape index (κ2) is 6.72. The van der Waals surface area contributed by atoms with Crippen LogP contribution in [0.1, 0.15) is 28.4 Å². The van der Waals surface area contributed by atoms with Crippen molar-refractivity contribution in [2.75, 3.05) is 18.2 Å². The molecule has 3 rings (SSSR count). The molecular formula is C16H19N3O4S2. The molecular weight excluding hydrogens is 362 g/mol. The highest BCUT2D eigenvalue weighted by Crippen LogP contribution is 2.35. The highest BCUT2D eigenvalue weighted by molar-refractivity contribution is 7.90. The minimum Gasteiger partial charge on any atom is -0.362 e. The number of rotatable bonds is 5. The van der Waals surface area contributed by atoms with Gasteiger partial charge in [0, 0.05) is 18.2 Å². The van der Waals surface area contributed by atoms with Crippen molar-refractivity contribution in [1.82, 2.24) is 4.98 Å². The summed E-state index contributed by atoms with van der Waals surface area (Å²) in [5, 5.41) is 12.4. The van der Waals surface area contributed by atoms with Crippen molar-refractivity contribution in [2.24, 2.45) is 0 Å². The number of aryl methyl sites for hydroxylation is 2. The van der Waals surface area contributed by atoms with E-state index in [0.717, 1.165) is 36.2 Å². The summed E-state index contributed by atoms with van der Waals surface area (Å²) in [6, 6.07) is 4.37. The van der Waals surface area contributed by atoms with E-state index < -0.39 is 14.8 Å². The van der Waals surface area contributed by atoms with Gasteiger partial charge in [-0.1, -0.05) is 6.07 Å². The van der Waals surface area contributed by atoms with Crippen molar-refractivity contribution in [3.63, 3.8) is 0 Å². The van der Waals surface area contributed by atoms with Gasteiger partial charge in [0.05, 0.1) is 17.2 Å². The molecule has 1 aliphatic carbocycles. The first-order valence-electron chi connectivity index (χ1n) is 7.93. The zero-order valence-electron chi connectivity index (χ0n) is 14.1. The van der Waals surface area contributed by atoms with Crippen LogP contribution in [-0.2, 0) is 29.2 Å². The molecule has 1 aliphatic rings. The number of nitro groups is 1. The van der Waals surface area contributed by atoms with Crippen molar-refractivity contribution < 1.29 is 13.3 Å². The molecule has 0 amide bonds. The highest BCUT2D eigenvalue weighted by atomic mass is 32.2. The summed E-state index contributed by atoms with van der Waals surface area (Å²) in [5.41, 5.74) is 1.04. The number of fused-ring (bicyclic) bond motifs is 1. The zero-order chi connectivity index (χ0) is 18.2. The summed E-state index contributed by atoms with van der Waals surface area (Å²) in [7, 11) is -1.97. The van der Waals surface area contributed by atoms with Gasteiger partial charge in [-0.2, -0.15) is 0 Å². The molecule has 1 heterocycles. The number of hydrogen-bond donors (Lipinski definition) is 0. The molecule has 0 spiro atoms. The number of thiazole rings is 1. The molecule has 0 radical (unpaired) electrons. The van der Waals surface area contributed by atoms with Crippen LogP contribution < -0.4 is 4.90 Å². The lowest BCUT2D eigenvalue weighted by molar-refractivity contribution is -0.387. The van der Waals surface area contributed by atoms with Gasteiger partial charge in [0.1, 0.15) is 15.6 Å². The topological polar surface area (TPSA) is 93.4 Å². The van der Waals surface area contributed by atoms with Crippen LogP contribution in [-0.4, -0.2) is 31.6 Å². The van der Waals surface area contributed by atoms with Gasteiger partial charge in [0.25, 0.3) is 0 Å². The van der Waals surface area contributed by atoms with E-state index in [0.29, 0.717) is 6.54 Å². The van der Waals surface area contributed by atoms with E-state index in [4.69, 9.17) is 0 Å². The van der Waals surface area contributed by atoms with Gasteiger partial charge >= 0.3 is 5.69 Å². The molecule has 134 valence electrons. The molecule has 1 aromatic heterocycles. The fourth-order valence-corrected chi connectivity index (χ4v) is 5.13. The monoisotopic (exact) mass is 381 g/mol. The van der Waals surface area contributed by atoms with Crippen molar-refractivity contribution in [2.45, 2.75) is 37.1 Å². The lowest BCUT2D eigenvalue weighted by Crippen LogP contribution is -2.18. The molecule has 0 atom stereocenters. The minimum absolute atomic E-state index is 0.264. The normalized spacial score (nSPS) is 14.2. The fraction of sp³-hybridized carbons (Fsp3) is 0.438. The first-order chi connectivity index (χ1) is 11.8. The minimum atomic E-state index is -3.69. The smallest absolute Gasteiger partial charge is 0.311 e. The summed E-state index contributed by atoms with van der Waals surface area (Å²) in [6.45, 7) is 0.408. The Labute approximate surface area is 150 Å². The molecule has 2 aromatic rings. The Hall–Kier alpha value is -2.00. The lowest BCUT2D eigenvalue weighted by atomic mass is 10.0. The van der Waals surface area contributed by atoms with E-state index in [1.165, 1.54) is 23.4 Å². The van der Waals surface area contributed by atoms with Gasteiger partial charge in [-0.05, 0) is 37.8 Å². The van der Waals surface area contributed by atoms with E-state index >= 15 is 0 Å². The number of sulfone groups is 1. The molecule has 1 aromatic carbocycles.